The molecule has 0 aliphatic carbocycles. The lowest BCUT2D eigenvalue weighted by Crippen LogP contribution is -2.31. The molecule has 18 heavy (non-hydrogen) atoms. The first kappa shape index (κ1) is 13.1. The topological polar surface area (TPSA) is 61.8 Å². The first-order valence-electron chi connectivity index (χ1n) is 6.02. The molecule has 1 aromatic carbocycles. The van der Waals surface area contributed by atoms with Crippen LogP contribution in [0.15, 0.2) is 23.4 Å². The van der Waals surface area contributed by atoms with Crippen LogP contribution in [-0.2, 0) is 0 Å². The second-order valence-corrected chi connectivity index (χ2v) is 5.76. The smallest absolute Gasteiger partial charge is 0.170 e. The number of anilines is 1. The summed E-state index contributed by atoms with van der Waals surface area (Å²) in [5.41, 5.74) is 8.63. The van der Waals surface area contributed by atoms with Gasteiger partial charge in [-0.1, -0.05) is 5.16 Å². The lowest BCUT2D eigenvalue weighted by Gasteiger charge is -2.26. The van der Waals surface area contributed by atoms with Gasteiger partial charge in [0.15, 0.2) is 5.84 Å². The Kier molecular flexibility index (Phi) is 4.01. The molecule has 3 N–H and O–H groups in total. The summed E-state index contributed by atoms with van der Waals surface area (Å²) < 4.78 is 0. The zero-order valence-corrected chi connectivity index (χ0v) is 11.6. The Bertz CT molecular complexity index is 456. The Morgan fingerprint density at radius 3 is 2.89 bits per heavy atom. The molecular formula is C13H19N3OS. The van der Waals surface area contributed by atoms with Crippen LogP contribution in [0.2, 0.25) is 0 Å². The average molecular weight is 265 g/mol. The van der Waals surface area contributed by atoms with Crippen LogP contribution in [-0.4, -0.2) is 35.6 Å². The van der Waals surface area contributed by atoms with Crippen molar-refractivity contribution in [3.63, 3.8) is 0 Å². The molecule has 0 bridgehead atoms. The number of oxime groups is 1. The quantitative estimate of drug-likeness (QED) is 0.380. The van der Waals surface area contributed by atoms with Crippen molar-refractivity contribution < 1.29 is 5.21 Å². The minimum absolute atomic E-state index is 0.165. The van der Waals surface area contributed by atoms with Crippen LogP contribution in [0.3, 0.4) is 0 Å². The van der Waals surface area contributed by atoms with Gasteiger partial charge in [0.25, 0.3) is 0 Å². The zero-order valence-electron chi connectivity index (χ0n) is 10.8. The fraction of sp³-hybridized carbons (Fsp3) is 0.462. The van der Waals surface area contributed by atoms with Crippen molar-refractivity contribution in [2.45, 2.75) is 19.4 Å². The Balaban J connectivity index is 2.22. The summed E-state index contributed by atoms with van der Waals surface area (Å²) in [6.45, 7) is 1.98. The normalized spacial score (nSPS) is 20.1. The first-order chi connectivity index (χ1) is 8.63. The number of nitrogens with two attached hydrogens (primary N) is 1. The van der Waals surface area contributed by atoms with Crippen molar-refractivity contribution in [3.8, 4) is 0 Å². The fourth-order valence-corrected chi connectivity index (χ4v) is 3.51. The van der Waals surface area contributed by atoms with E-state index in [0.29, 0.717) is 6.04 Å². The number of hydrogen-bond donors (Lipinski definition) is 2. The van der Waals surface area contributed by atoms with Crippen LogP contribution in [0.25, 0.3) is 0 Å². The monoisotopic (exact) mass is 265 g/mol. The van der Waals surface area contributed by atoms with Crippen LogP contribution in [0.5, 0.6) is 0 Å². The molecule has 1 fully saturated rings. The zero-order chi connectivity index (χ0) is 13.1. The molecule has 98 valence electrons. The van der Waals surface area contributed by atoms with Crippen molar-refractivity contribution in [1.82, 2.24) is 0 Å². The Hall–Kier alpha value is -1.36. The number of aryl methyl sites for hydroxylation is 1. The minimum atomic E-state index is 0.165. The molecule has 0 spiro atoms. The number of amidine groups is 1. The molecule has 1 aromatic rings. The predicted molar refractivity (Wildman–Crippen MR) is 77.8 cm³/mol. The maximum atomic E-state index is 8.71. The number of thioether (sulfide) groups is 1. The molecule has 0 aromatic heterocycles. The van der Waals surface area contributed by atoms with E-state index in [-0.39, 0.29) is 5.84 Å². The summed E-state index contributed by atoms with van der Waals surface area (Å²) in [5.74, 6) is 2.60. The highest BCUT2D eigenvalue weighted by Crippen LogP contribution is 2.27. The van der Waals surface area contributed by atoms with E-state index in [1.165, 1.54) is 23.6 Å². The van der Waals surface area contributed by atoms with E-state index in [0.717, 1.165) is 11.1 Å². The van der Waals surface area contributed by atoms with Crippen molar-refractivity contribution in [3.05, 3.63) is 29.3 Å². The molecular weight excluding hydrogens is 246 g/mol. The van der Waals surface area contributed by atoms with Crippen LogP contribution < -0.4 is 10.6 Å². The van der Waals surface area contributed by atoms with Crippen molar-refractivity contribution in [2.75, 3.05) is 23.5 Å². The van der Waals surface area contributed by atoms with Gasteiger partial charge in [-0.25, -0.2) is 0 Å². The fourth-order valence-electron chi connectivity index (χ4n) is 2.25. The van der Waals surface area contributed by atoms with Gasteiger partial charge in [-0.05, 0) is 42.9 Å². The number of rotatable bonds is 3. The third-order valence-electron chi connectivity index (χ3n) is 3.45. The molecule has 1 unspecified atom stereocenters. The van der Waals surface area contributed by atoms with Crippen molar-refractivity contribution in [2.24, 2.45) is 10.9 Å². The van der Waals surface area contributed by atoms with Gasteiger partial charge >= 0.3 is 0 Å². The second kappa shape index (κ2) is 5.52. The van der Waals surface area contributed by atoms with E-state index < -0.39 is 0 Å². The van der Waals surface area contributed by atoms with Crippen LogP contribution in [0.1, 0.15) is 17.5 Å². The van der Waals surface area contributed by atoms with Gasteiger partial charge in [0.05, 0.1) is 0 Å². The lowest BCUT2D eigenvalue weighted by atomic mass is 10.1. The van der Waals surface area contributed by atoms with Gasteiger partial charge in [0.1, 0.15) is 0 Å². The second-order valence-electron chi connectivity index (χ2n) is 4.61. The van der Waals surface area contributed by atoms with Crippen LogP contribution in [0.4, 0.5) is 5.69 Å². The van der Waals surface area contributed by atoms with Crippen LogP contribution >= 0.6 is 11.8 Å². The van der Waals surface area contributed by atoms with E-state index in [1.54, 1.807) is 0 Å². The molecule has 0 saturated carbocycles. The van der Waals surface area contributed by atoms with E-state index in [4.69, 9.17) is 10.9 Å². The highest BCUT2D eigenvalue weighted by Gasteiger charge is 2.20. The third-order valence-corrected chi connectivity index (χ3v) is 4.60. The average Bonchev–Trinajstić information content (AvgIpc) is 2.90. The summed E-state index contributed by atoms with van der Waals surface area (Å²) >= 11 is 2.01. The minimum Gasteiger partial charge on any atom is -0.409 e. The maximum absolute atomic E-state index is 8.71. The molecule has 1 aliphatic heterocycles. The van der Waals surface area contributed by atoms with Gasteiger partial charge in [-0.15, -0.1) is 0 Å². The summed E-state index contributed by atoms with van der Waals surface area (Å²) in [6, 6.07) is 6.65. The van der Waals surface area contributed by atoms with Gasteiger partial charge in [-0.2, -0.15) is 11.8 Å². The third kappa shape index (κ3) is 2.56. The first-order valence-corrected chi connectivity index (χ1v) is 7.18. The maximum Gasteiger partial charge on any atom is 0.170 e. The summed E-state index contributed by atoms with van der Waals surface area (Å²) in [4.78, 5) is 2.32. The molecule has 1 saturated heterocycles. The standard InChI is InChI=1S/C13H19N3OS/c1-9-7-10(3-4-12(9)13(14)15-17)16(2)11-5-6-18-8-11/h3-4,7,11,17H,5-6,8H2,1-2H3,(H2,14,15). The van der Waals surface area contributed by atoms with E-state index in [2.05, 4.69) is 23.2 Å². The predicted octanol–water partition coefficient (Wildman–Crippen LogP) is 2.03. The SMILES string of the molecule is Cc1cc(N(C)C2CCSC2)ccc1/C(N)=N/O. The van der Waals surface area contributed by atoms with Gasteiger partial charge in [0.2, 0.25) is 0 Å². The van der Waals surface area contributed by atoms with Crippen molar-refractivity contribution >= 4 is 23.3 Å². The molecule has 1 aliphatic rings. The van der Waals surface area contributed by atoms with E-state index >= 15 is 0 Å². The highest BCUT2D eigenvalue weighted by atomic mass is 32.2. The van der Waals surface area contributed by atoms with Crippen LogP contribution in [0, 0.1) is 6.92 Å². The highest BCUT2D eigenvalue weighted by molar-refractivity contribution is 7.99. The molecule has 5 heteroatoms. The largest absolute Gasteiger partial charge is 0.409 e. The molecule has 0 amide bonds. The molecule has 0 radical (unpaired) electrons. The van der Waals surface area contributed by atoms with Crippen molar-refractivity contribution in [1.29, 1.82) is 0 Å². The number of benzene rings is 1. The molecule has 1 atom stereocenters. The number of nitrogens with zero attached hydrogens (tertiary/aromatic N) is 2. The summed E-state index contributed by atoms with van der Waals surface area (Å²) in [5, 5.41) is 11.8. The summed E-state index contributed by atoms with van der Waals surface area (Å²) in [6.07, 6.45) is 1.24. The number of hydrogen-bond acceptors (Lipinski definition) is 4. The van der Waals surface area contributed by atoms with Gasteiger partial charge < -0.3 is 15.8 Å². The summed E-state index contributed by atoms with van der Waals surface area (Å²) in [7, 11) is 2.13. The Morgan fingerprint density at radius 1 is 1.56 bits per heavy atom. The van der Waals surface area contributed by atoms with E-state index in [1.807, 2.05) is 30.8 Å². The molecule has 4 nitrogen and oxygen atoms in total. The Labute approximate surface area is 112 Å². The van der Waals surface area contributed by atoms with Gasteiger partial charge in [0, 0.05) is 30.1 Å². The Morgan fingerprint density at radius 2 is 2.33 bits per heavy atom. The molecule has 2 rings (SSSR count). The van der Waals surface area contributed by atoms with Gasteiger partial charge in [-0.3, -0.25) is 0 Å². The molecule has 1 heterocycles. The lowest BCUT2D eigenvalue weighted by molar-refractivity contribution is 0.318. The van der Waals surface area contributed by atoms with E-state index in [9.17, 15) is 0 Å².